The number of hydrogen-bond donors (Lipinski definition) is 2. The van der Waals surface area contributed by atoms with E-state index in [1.165, 1.54) is 0 Å². The molecule has 2 aliphatic rings. The molecule has 9 nitrogen and oxygen atoms in total. The van der Waals surface area contributed by atoms with Crippen LogP contribution in [0.5, 0.6) is 5.75 Å². The second-order valence-corrected chi connectivity index (χ2v) is 9.62. The fourth-order valence-electron chi connectivity index (χ4n) is 4.88. The quantitative estimate of drug-likeness (QED) is 0.568. The topological polar surface area (TPSA) is 101 Å². The Bertz CT molecular complexity index is 1210. The van der Waals surface area contributed by atoms with Gasteiger partial charge in [0.2, 0.25) is 0 Å². The van der Waals surface area contributed by atoms with Crippen LogP contribution < -0.4 is 20.7 Å². The molecule has 2 bridgehead atoms. The molecule has 5 rings (SSSR count). The van der Waals surface area contributed by atoms with Gasteiger partial charge in [0, 0.05) is 50.4 Å². The second-order valence-electron chi connectivity index (χ2n) is 9.18. The van der Waals surface area contributed by atoms with Crippen LogP contribution in [0.4, 0.5) is 11.6 Å². The van der Waals surface area contributed by atoms with Gasteiger partial charge >= 0.3 is 0 Å². The van der Waals surface area contributed by atoms with Crippen molar-refractivity contribution in [3.05, 3.63) is 46.6 Å². The second kappa shape index (κ2) is 10.3. The number of benzene rings is 1. The molecule has 1 atom stereocenters. The van der Waals surface area contributed by atoms with Gasteiger partial charge in [-0.2, -0.15) is 9.61 Å². The number of halogens is 1. The maximum absolute atomic E-state index is 13.8. The Morgan fingerprint density at radius 1 is 1.17 bits per heavy atom. The molecule has 1 fully saturated rings. The van der Waals surface area contributed by atoms with Crippen molar-refractivity contribution in [2.45, 2.75) is 38.1 Å². The fourth-order valence-corrected chi connectivity index (χ4v) is 5.05. The fraction of sp³-hybridized carbons (Fsp3) is 0.480. The Balaban J connectivity index is 1.61. The minimum atomic E-state index is -0.145. The average Bonchev–Trinajstić information content (AvgIpc) is 3.30. The van der Waals surface area contributed by atoms with E-state index in [1.54, 1.807) is 18.2 Å². The Hall–Kier alpha value is -3.04. The lowest BCUT2D eigenvalue weighted by Crippen LogP contribution is -2.39. The highest BCUT2D eigenvalue weighted by Crippen LogP contribution is 2.35. The van der Waals surface area contributed by atoms with Gasteiger partial charge in [-0.25, -0.2) is 4.98 Å². The van der Waals surface area contributed by atoms with E-state index >= 15 is 0 Å². The first-order valence-electron chi connectivity index (χ1n) is 12.3. The van der Waals surface area contributed by atoms with Gasteiger partial charge in [-0.3, -0.25) is 4.79 Å². The lowest BCUT2D eigenvalue weighted by molar-refractivity contribution is 0.0601. The van der Waals surface area contributed by atoms with Gasteiger partial charge in [-0.05, 0) is 50.3 Å². The number of nitrogens with zero attached hydrogens (tertiary/aromatic N) is 5. The first kappa shape index (κ1) is 23.7. The van der Waals surface area contributed by atoms with Crippen LogP contribution in [0.25, 0.3) is 5.65 Å². The number of nitrogens with one attached hydrogen (secondary N) is 1. The summed E-state index contributed by atoms with van der Waals surface area (Å²) < 4.78 is 7.97. The summed E-state index contributed by atoms with van der Waals surface area (Å²) in [5.74, 6) is 2.22. The lowest BCUT2D eigenvalue weighted by atomic mass is 9.98. The van der Waals surface area contributed by atoms with Crippen molar-refractivity contribution in [1.29, 1.82) is 0 Å². The Morgan fingerprint density at radius 2 is 2.03 bits per heavy atom. The first-order chi connectivity index (χ1) is 17.0. The van der Waals surface area contributed by atoms with Crippen LogP contribution in [0.1, 0.15) is 54.2 Å². The lowest BCUT2D eigenvalue weighted by Gasteiger charge is -2.35. The van der Waals surface area contributed by atoms with Crippen LogP contribution in [-0.4, -0.2) is 65.2 Å². The number of nitrogens with two attached hydrogens (primary N) is 1. The summed E-state index contributed by atoms with van der Waals surface area (Å²) in [4.78, 5) is 22.7. The highest BCUT2D eigenvalue weighted by atomic mass is 35.5. The molecule has 35 heavy (non-hydrogen) atoms. The molecule has 1 saturated heterocycles. The van der Waals surface area contributed by atoms with Crippen molar-refractivity contribution in [2.24, 2.45) is 5.73 Å². The normalized spacial score (nSPS) is 19.1. The third kappa shape index (κ3) is 4.88. The van der Waals surface area contributed by atoms with E-state index in [1.807, 2.05) is 21.5 Å². The summed E-state index contributed by atoms with van der Waals surface area (Å²) in [7, 11) is 2.07. The van der Waals surface area contributed by atoms with Gasteiger partial charge in [0.25, 0.3) is 5.91 Å². The van der Waals surface area contributed by atoms with Crippen molar-refractivity contribution in [2.75, 3.05) is 50.1 Å². The number of piperidine rings is 1. The van der Waals surface area contributed by atoms with Crippen molar-refractivity contribution < 1.29 is 9.53 Å². The maximum atomic E-state index is 13.8. The molecule has 0 radical (unpaired) electrons. The summed E-state index contributed by atoms with van der Waals surface area (Å²) in [6.45, 7) is 3.17. The van der Waals surface area contributed by atoms with Crippen LogP contribution in [0.3, 0.4) is 0 Å². The number of amides is 1. The molecule has 0 saturated carbocycles. The third-order valence-corrected chi connectivity index (χ3v) is 6.93. The minimum absolute atomic E-state index is 0.0743. The van der Waals surface area contributed by atoms with E-state index in [4.69, 9.17) is 32.2 Å². The molecule has 2 aliphatic heterocycles. The van der Waals surface area contributed by atoms with Crippen LogP contribution in [-0.2, 0) is 0 Å². The van der Waals surface area contributed by atoms with Crippen molar-refractivity contribution in [3.8, 4) is 5.75 Å². The van der Waals surface area contributed by atoms with E-state index in [2.05, 4.69) is 17.3 Å². The van der Waals surface area contributed by atoms with Crippen molar-refractivity contribution in [3.63, 3.8) is 0 Å². The van der Waals surface area contributed by atoms with E-state index in [-0.39, 0.29) is 11.9 Å². The van der Waals surface area contributed by atoms with E-state index in [9.17, 15) is 4.79 Å². The smallest absolute Gasteiger partial charge is 0.258 e. The Kier molecular flexibility index (Phi) is 6.97. The molecule has 3 aromatic rings. The van der Waals surface area contributed by atoms with E-state index in [0.29, 0.717) is 42.6 Å². The average molecular weight is 498 g/mol. The summed E-state index contributed by atoms with van der Waals surface area (Å²) in [6, 6.07) is 9.16. The number of aromatic nitrogens is 3. The molecule has 3 N–H and O–H groups in total. The molecule has 0 aliphatic carbocycles. The first-order valence-corrected chi connectivity index (χ1v) is 12.7. The highest BCUT2D eigenvalue weighted by Gasteiger charge is 2.32. The monoisotopic (exact) mass is 497 g/mol. The van der Waals surface area contributed by atoms with E-state index < -0.39 is 0 Å². The molecule has 1 amide bonds. The van der Waals surface area contributed by atoms with Crippen molar-refractivity contribution >= 4 is 34.8 Å². The zero-order valence-corrected chi connectivity index (χ0v) is 20.8. The molecule has 0 spiro atoms. The third-order valence-electron chi connectivity index (χ3n) is 6.69. The molecule has 2 aromatic heterocycles. The summed E-state index contributed by atoms with van der Waals surface area (Å²) in [5, 5.41) is 8.80. The summed E-state index contributed by atoms with van der Waals surface area (Å²) >= 11 is 6.29. The number of rotatable bonds is 3. The molecule has 10 heteroatoms. The van der Waals surface area contributed by atoms with Gasteiger partial charge in [-0.1, -0.05) is 11.6 Å². The van der Waals surface area contributed by atoms with Crippen LogP contribution >= 0.6 is 11.6 Å². The van der Waals surface area contributed by atoms with Gasteiger partial charge in [0.15, 0.2) is 5.65 Å². The zero-order chi connectivity index (χ0) is 24.4. The van der Waals surface area contributed by atoms with Gasteiger partial charge < -0.3 is 25.6 Å². The van der Waals surface area contributed by atoms with Crippen molar-refractivity contribution in [1.82, 2.24) is 19.5 Å². The maximum Gasteiger partial charge on any atom is 0.258 e. The van der Waals surface area contributed by atoms with Gasteiger partial charge in [0.1, 0.15) is 17.4 Å². The molecule has 1 unspecified atom stereocenters. The standard InChI is InChI=1S/C25H32ClN7O2/c1-31-11-4-5-13-35-21-8-7-17(26)14-18(21)25(34)32-12-3-2-6-20(32)19-15-23-29-22(28-10-9-27)16-24(31)33(23)30-19/h7-8,14-16,20H,2-6,9-13,27H2,1H3,(H,28,29). The molecule has 186 valence electrons. The molecule has 4 heterocycles. The van der Waals surface area contributed by atoms with Crippen LogP contribution in [0, 0.1) is 0 Å². The van der Waals surface area contributed by atoms with Crippen LogP contribution in [0.15, 0.2) is 30.3 Å². The number of anilines is 2. The largest absolute Gasteiger partial charge is 0.493 e. The number of hydrogen-bond acceptors (Lipinski definition) is 7. The summed E-state index contributed by atoms with van der Waals surface area (Å²) in [5.41, 5.74) is 7.80. The van der Waals surface area contributed by atoms with E-state index in [0.717, 1.165) is 61.6 Å². The molecule has 1 aromatic carbocycles. The number of carbonyl (C=O) groups excluding carboxylic acids is 1. The Labute approximate surface area is 210 Å². The number of carbonyl (C=O) groups is 1. The summed E-state index contributed by atoms with van der Waals surface area (Å²) in [6.07, 6.45) is 4.60. The van der Waals surface area contributed by atoms with Crippen LogP contribution in [0.2, 0.25) is 5.02 Å². The SMILES string of the molecule is CN1CCCCOc2ccc(Cl)cc2C(=O)N2CCCCC2c2cc3nc(NCCN)cc1n3n2. The molecular weight excluding hydrogens is 466 g/mol. The highest BCUT2D eigenvalue weighted by molar-refractivity contribution is 6.31. The number of ether oxygens (including phenoxy) is 1. The predicted octanol–water partition coefficient (Wildman–Crippen LogP) is 3.73. The number of fused-ring (bicyclic) bond motifs is 4. The predicted molar refractivity (Wildman–Crippen MR) is 138 cm³/mol. The Morgan fingerprint density at radius 3 is 2.89 bits per heavy atom. The molecular formula is C25H32ClN7O2. The van der Waals surface area contributed by atoms with Gasteiger partial charge in [0.05, 0.1) is 23.9 Å². The zero-order valence-electron chi connectivity index (χ0n) is 20.0. The van der Waals surface area contributed by atoms with Gasteiger partial charge in [-0.15, -0.1) is 0 Å². The minimum Gasteiger partial charge on any atom is -0.493 e.